The first kappa shape index (κ1) is 41.8. The molecule has 0 aliphatic rings. The zero-order chi connectivity index (χ0) is 41.9. The molecule has 0 fully saturated rings. The number of benzene rings is 5. The Hall–Kier alpha value is -6.83. The Kier molecular flexibility index (Phi) is 13.8. The first-order chi connectivity index (χ1) is 28.6. The zero-order valence-electron chi connectivity index (χ0n) is 32.9. The molecule has 0 aliphatic carbocycles. The number of hydrogen-bond donors (Lipinski definition) is 3. The number of rotatable bonds is 15. The van der Waals surface area contributed by atoms with Gasteiger partial charge in [-0.3, -0.25) is 14.4 Å². The third kappa shape index (κ3) is 10.2. The van der Waals surface area contributed by atoms with E-state index in [0.717, 1.165) is 16.7 Å². The molecule has 0 saturated heterocycles. The number of thioether (sulfide) groups is 1. The Morgan fingerprint density at radius 1 is 0.712 bits per heavy atom. The number of carbonyl (C=O) groups is 4. The first-order valence-corrected chi connectivity index (χ1v) is 20.0. The van der Waals surface area contributed by atoms with Crippen molar-refractivity contribution in [3.05, 3.63) is 160 Å². The van der Waals surface area contributed by atoms with Gasteiger partial charge < -0.3 is 34.9 Å². The molecule has 13 heteroatoms. The highest BCUT2D eigenvalue weighted by molar-refractivity contribution is 8.00. The van der Waals surface area contributed by atoms with Gasteiger partial charge in [-0.15, -0.1) is 23.1 Å². The topological polar surface area (TPSA) is 141 Å². The summed E-state index contributed by atoms with van der Waals surface area (Å²) in [5.41, 5.74) is 4.65. The maximum Gasteiger partial charge on any atom is 0.341 e. The molecule has 3 amide bonds. The second-order valence-electron chi connectivity index (χ2n) is 12.9. The van der Waals surface area contributed by atoms with E-state index in [-0.39, 0.29) is 17.2 Å². The Morgan fingerprint density at radius 3 is 2.03 bits per heavy atom. The highest BCUT2D eigenvalue weighted by Crippen LogP contribution is 2.41. The van der Waals surface area contributed by atoms with Crippen LogP contribution >= 0.6 is 23.1 Å². The van der Waals surface area contributed by atoms with E-state index < -0.39 is 23.0 Å². The number of amides is 3. The number of esters is 1. The van der Waals surface area contributed by atoms with Crippen LogP contribution in [0.15, 0.2) is 137 Å². The number of nitrogens with one attached hydrogen (secondary N) is 3. The quantitative estimate of drug-likeness (QED) is 0.0525. The fourth-order valence-corrected chi connectivity index (χ4v) is 8.07. The van der Waals surface area contributed by atoms with Crippen molar-refractivity contribution >= 4 is 63.6 Å². The number of ether oxygens (including phenoxy) is 4. The van der Waals surface area contributed by atoms with Gasteiger partial charge in [0.05, 0.1) is 28.4 Å². The largest absolute Gasteiger partial charge is 0.496 e. The lowest BCUT2D eigenvalue weighted by Crippen LogP contribution is -2.30. The fraction of sp³-hybridized carbons (Fsp3) is 0.130. The van der Waals surface area contributed by atoms with E-state index in [4.69, 9.17) is 18.9 Å². The van der Waals surface area contributed by atoms with Crippen LogP contribution in [0, 0.1) is 6.92 Å². The van der Waals surface area contributed by atoms with E-state index in [1.54, 1.807) is 60.7 Å². The monoisotopic (exact) mass is 827 g/mol. The third-order valence-corrected chi connectivity index (χ3v) is 11.2. The van der Waals surface area contributed by atoms with Crippen LogP contribution in [0.1, 0.15) is 42.7 Å². The van der Waals surface area contributed by atoms with Crippen molar-refractivity contribution in [2.24, 2.45) is 0 Å². The van der Waals surface area contributed by atoms with Gasteiger partial charge in [0.15, 0.2) is 11.5 Å². The molecule has 0 saturated carbocycles. The molecular formula is C46H41N3O8S2. The number of hydrogen-bond acceptors (Lipinski definition) is 10. The van der Waals surface area contributed by atoms with Crippen molar-refractivity contribution < 1.29 is 38.1 Å². The van der Waals surface area contributed by atoms with Gasteiger partial charge in [0.2, 0.25) is 5.91 Å². The van der Waals surface area contributed by atoms with Gasteiger partial charge in [-0.05, 0) is 60.5 Å². The van der Waals surface area contributed by atoms with Crippen molar-refractivity contribution in [3.8, 4) is 28.4 Å². The van der Waals surface area contributed by atoms with Gasteiger partial charge in [0, 0.05) is 38.7 Å². The average Bonchev–Trinajstić information content (AvgIpc) is 3.68. The molecule has 1 atom stereocenters. The second kappa shape index (κ2) is 19.5. The minimum Gasteiger partial charge on any atom is -0.496 e. The van der Waals surface area contributed by atoms with E-state index in [2.05, 4.69) is 16.0 Å². The highest BCUT2D eigenvalue weighted by Gasteiger charge is 2.28. The molecule has 5 aromatic carbocycles. The Morgan fingerprint density at radius 2 is 1.37 bits per heavy atom. The van der Waals surface area contributed by atoms with Crippen LogP contribution < -0.4 is 30.2 Å². The number of carbonyl (C=O) groups excluding carboxylic acids is 4. The van der Waals surface area contributed by atoms with Gasteiger partial charge in [0.25, 0.3) is 11.8 Å². The predicted octanol–water partition coefficient (Wildman–Crippen LogP) is 9.42. The van der Waals surface area contributed by atoms with Crippen LogP contribution in [-0.2, 0) is 14.3 Å². The summed E-state index contributed by atoms with van der Waals surface area (Å²) in [5, 5.41) is 10.1. The molecule has 6 aromatic rings. The van der Waals surface area contributed by atoms with Crippen LogP contribution in [0.5, 0.6) is 17.2 Å². The molecule has 1 aromatic heterocycles. The number of anilines is 2. The van der Waals surface area contributed by atoms with Crippen LogP contribution in [0.2, 0.25) is 0 Å². The molecule has 0 radical (unpaired) electrons. The molecule has 1 unspecified atom stereocenters. The molecule has 300 valence electrons. The van der Waals surface area contributed by atoms with E-state index in [0.29, 0.717) is 49.5 Å². The maximum absolute atomic E-state index is 14.2. The highest BCUT2D eigenvalue weighted by atomic mass is 32.2. The summed E-state index contributed by atoms with van der Waals surface area (Å²) in [5.74, 6) is -0.870. The number of thiophene rings is 1. The van der Waals surface area contributed by atoms with Crippen LogP contribution in [0.3, 0.4) is 0 Å². The first-order valence-electron chi connectivity index (χ1n) is 18.2. The van der Waals surface area contributed by atoms with Crippen molar-refractivity contribution in [1.82, 2.24) is 5.32 Å². The van der Waals surface area contributed by atoms with Crippen molar-refractivity contribution in [1.29, 1.82) is 0 Å². The van der Waals surface area contributed by atoms with Gasteiger partial charge in [-0.25, -0.2) is 4.79 Å². The number of methoxy groups -OCH3 is 4. The average molecular weight is 828 g/mol. The Labute approximate surface area is 350 Å². The lowest BCUT2D eigenvalue weighted by Gasteiger charge is -2.18. The minimum absolute atomic E-state index is 0.0775. The normalized spacial score (nSPS) is 11.5. The van der Waals surface area contributed by atoms with Crippen LogP contribution in [0.25, 0.3) is 17.2 Å². The lowest BCUT2D eigenvalue weighted by molar-refractivity contribution is -0.116. The van der Waals surface area contributed by atoms with E-state index >= 15 is 0 Å². The molecule has 0 bridgehead atoms. The second-order valence-corrected chi connectivity index (χ2v) is 15.0. The molecular weight excluding hydrogens is 787 g/mol. The molecule has 6 rings (SSSR count). The molecule has 0 aliphatic heterocycles. The summed E-state index contributed by atoms with van der Waals surface area (Å²) in [7, 11) is 5.78. The smallest absolute Gasteiger partial charge is 0.341 e. The Bertz CT molecular complexity index is 2490. The number of aryl methyl sites for hydroxylation is 1. The fourth-order valence-electron chi connectivity index (χ4n) is 6.02. The molecule has 11 nitrogen and oxygen atoms in total. The maximum atomic E-state index is 14.2. The Balaban J connectivity index is 1.29. The van der Waals surface area contributed by atoms with Gasteiger partial charge in [0.1, 0.15) is 27.3 Å². The SMILES string of the molecule is COC(=O)c1c(-c2ccc(C)cc2)csc1NC(=O)C(Sc1cccc(NC(=O)/C(=C\c2cc(OC)c(OC)cc2OC)NC(=O)c2ccccc2)c1)c1ccccc1. The molecule has 3 N–H and O–H groups in total. The standard InChI is InChI=1S/C46H41N3O8S2/c1-28-19-21-29(22-20-28)35-27-58-45(40(35)46(53)57-5)49-44(52)41(30-13-8-6-9-14-30)59-34-18-12-17-33(25-34)47-43(51)36(48-42(50)31-15-10-7-11-16-31)23-32-24-38(55-3)39(56-4)26-37(32)54-2/h6-27,41H,1-5H3,(H,47,51)(H,48,50)(H,49,52)/b36-23+. The van der Waals surface area contributed by atoms with Crippen LogP contribution in [-0.4, -0.2) is 52.1 Å². The summed E-state index contributed by atoms with van der Waals surface area (Å²) in [4.78, 5) is 55.4. The summed E-state index contributed by atoms with van der Waals surface area (Å²) in [6.07, 6.45) is 1.49. The summed E-state index contributed by atoms with van der Waals surface area (Å²) in [6.45, 7) is 1.98. The van der Waals surface area contributed by atoms with Crippen molar-refractivity contribution in [2.45, 2.75) is 17.1 Å². The van der Waals surface area contributed by atoms with E-state index in [1.807, 2.05) is 73.0 Å². The molecule has 0 spiro atoms. The molecule has 1 heterocycles. The summed E-state index contributed by atoms with van der Waals surface area (Å²) < 4.78 is 21.6. The summed E-state index contributed by atoms with van der Waals surface area (Å²) >= 11 is 2.51. The van der Waals surface area contributed by atoms with Crippen molar-refractivity contribution in [3.63, 3.8) is 0 Å². The predicted molar refractivity (Wildman–Crippen MR) is 233 cm³/mol. The van der Waals surface area contributed by atoms with Crippen LogP contribution in [0.4, 0.5) is 10.7 Å². The lowest BCUT2D eigenvalue weighted by atomic mass is 10.0. The third-order valence-electron chi connectivity index (χ3n) is 9.03. The molecule has 59 heavy (non-hydrogen) atoms. The summed E-state index contributed by atoms with van der Waals surface area (Å²) in [6, 6.07) is 35.8. The van der Waals surface area contributed by atoms with Gasteiger partial charge in [-0.2, -0.15) is 0 Å². The van der Waals surface area contributed by atoms with Crippen molar-refractivity contribution in [2.75, 3.05) is 39.1 Å². The van der Waals surface area contributed by atoms with Gasteiger partial charge >= 0.3 is 5.97 Å². The zero-order valence-corrected chi connectivity index (χ0v) is 34.5. The van der Waals surface area contributed by atoms with Gasteiger partial charge in [-0.1, -0.05) is 84.4 Å². The minimum atomic E-state index is -0.768. The van der Waals surface area contributed by atoms with E-state index in [1.165, 1.54) is 57.6 Å². The van der Waals surface area contributed by atoms with E-state index in [9.17, 15) is 19.2 Å².